The van der Waals surface area contributed by atoms with Crippen molar-refractivity contribution in [3.05, 3.63) is 29.1 Å². The van der Waals surface area contributed by atoms with Crippen molar-refractivity contribution in [3.63, 3.8) is 0 Å². The second-order valence-corrected chi connectivity index (χ2v) is 4.89. The number of hydrogen-bond acceptors (Lipinski definition) is 5. The molecular weight excluding hydrogens is 266 g/mol. The molecule has 1 saturated heterocycles. The molecule has 1 aromatic carbocycles. The fraction of sp³-hybridized carbons (Fsp3) is 0.385. The third-order valence-electron chi connectivity index (χ3n) is 3.20. The van der Waals surface area contributed by atoms with Gasteiger partial charge in [-0.25, -0.2) is 0 Å². The quantitative estimate of drug-likeness (QED) is 0.936. The van der Waals surface area contributed by atoms with Crippen molar-refractivity contribution in [2.45, 2.75) is 18.9 Å². The molecule has 0 amide bonds. The van der Waals surface area contributed by atoms with Gasteiger partial charge in [-0.2, -0.15) is 4.98 Å². The third-order valence-corrected chi connectivity index (χ3v) is 3.44. The fourth-order valence-corrected chi connectivity index (χ4v) is 2.41. The molecule has 0 bridgehead atoms. The minimum atomic E-state index is 0.159. The van der Waals surface area contributed by atoms with E-state index in [0.717, 1.165) is 24.9 Å². The van der Waals surface area contributed by atoms with Crippen molar-refractivity contribution in [1.82, 2.24) is 15.5 Å². The minimum Gasteiger partial charge on any atom is -0.496 e. The van der Waals surface area contributed by atoms with Crippen LogP contribution >= 0.6 is 11.6 Å². The van der Waals surface area contributed by atoms with Crippen LogP contribution in [0.5, 0.6) is 5.75 Å². The van der Waals surface area contributed by atoms with Crippen molar-refractivity contribution in [2.24, 2.45) is 0 Å². The van der Waals surface area contributed by atoms with Crippen LogP contribution in [0, 0.1) is 0 Å². The van der Waals surface area contributed by atoms with Gasteiger partial charge in [0.05, 0.1) is 18.7 Å². The van der Waals surface area contributed by atoms with Crippen LogP contribution in [0.4, 0.5) is 0 Å². The largest absolute Gasteiger partial charge is 0.496 e. The molecule has 0 radical (unpaired) electrons. The maximum Gasteiger partial charge on any atom is 0.244 e. The van der Waals surface area contributed by atoms with Crippen LogP contribution in [0.1, 0.15) is 24.8 Å². The molecule has 0 spiro atoms. The van der Waals surface area contributed by atoms with E-state index in [1.54, 1.807) is 25.3 Å². The van der Waals surface area contributed by atoms with Crippen molar-refractivity contribution >= 4 is 11.6 Å². The van der Waals surface area contributed by atoms with E-state index >= 15 is 0 Å². The lowest BCUT2D eigenvalue weighted by atomic mass is 10.2. The average Bonchev–Trinajstić information content (AvgIpc) is 3.09. The van der Waals surface area contributed by atoms with Crippen LogP contribution in [-0.2, 0) is 0 Å². The van der Waals surface area contributed by atoms with Gasteiger partial charge in [0.15, 0.2) is 0 Å². The Balaban J connectivity index is 1.95. The lowest BCUT2D eigenvalue weighted by Gasteiger charge is -2.05. The SMILES string of the molecule is COc1ccc(Cl)cc1-c1noc([C@H]2CCCN2)n1. The molecule has 1 N–H and O–H groups in total. The summed E-state index contributed by atoms with van der Waals surface area (Å²) in [7, 11) is 1.60. The third kappa shape index (κ3) is 2.43. The average molecular weight is 280 g/mol. The molecule has 1 fully saturated rings. The summed E-state index contributed by atoms with van der Waals surface area (Å²) in [4.78, 5) is 4.43. The summed E-state index contributed by atoms with van der Waals surface area (Å²) < 4.78 is 10.6. The number of halogens is 1. The van der Waals surface area contributed by atoms with Crippen LogP contribution in [0.2, 0.25) is 5.02 Å². The maximum absolute atomic E-state index is 6.00. The number of ether oxygens (including phenoxy) is 1. The van der Waals surface area contributed by atoms with Crippen LogP contribution < -0.4 is 10.1 Å². The van der Waals surface area contributed by atoms with E-state index in [0.29, 0.717) is 22.5 Å². The molecule has 100 valence electrons. The van der Waals surface area contributed by atoms with Gasteiger partial charge in [-0.15, -0.1) is 0 Å². The number of nitrogens with zero attached hydrogens (tertiary/aromatic N) is 2. The van der Waals surface area contributed by atoms with E-state index in [1.807, 2.05) is 0 Å². The molecule has 0 saturated carbocycles. The van der Waals surface area contributed by atoms with E-state index in [2.05, 4.69) is 15.5 Å². The zero-order valence-corrected chi connectivity index (χ0v) is 11.3. The maximum atomic E-state index is 6.00. The van der Waals surface area contributed by atoms with Gasteiger partial charge in [0.2, 0.25) is 11.7 Å². The zero-order valence-electron chi connectivity index (χ0n) is 10.5. The predicted molar refractivity (Wildman–Crippen MR) is 71.3 cm³/mol. The van der Waals surface area contributed by atoms with Crippen LogP contribution in [0.25, 0.3) is 11.4 Å². The smallest absolute Gasteiger partial charge is 0.244 e. The molecule has 5 nitrogen and oxygen atoms in total. The molecule has 1 aromatic heterocycles. The van der Waals surface area contributed by atoms with Crippen molar-refractivity contribution < 1.29 is 9.26 Å². The van der Waals surface area contributed by atoms with Gasteiger partial charge in [-0.1, -0.05) is 16.8 Å². The molecular formula is C13H14ClN3O2. The van der Waals surface area contributed by atoms with Crippen molar-refractivity contribution in [3.8, 4) is 17.1 Å². The summed E-state index contributed by atoms with van der Waals surface area (Å²) >= 11 is 6.00. The normalized spacial score (nSPS) is 18.7. The second-order valence-electron chi connectivity index (χ2n) is 4.45. The number of nitrogens with one attached hydrogen (secondary N) is 1. The Labute approximate surface area is 115 Å². The first-order chi connectivity index (χ1) is 9.28. The van der Waals surface area contributed by atoms with Gasteiger partial charge < -0.3 is 14.6 Å². The molecule has 1 aliphatic heterocycles. The zero-order chi connectivity index (χ0) is 13.2. The summed E-state index contributed by atoms with van der Waals surface area (Å²) in [6.45, 7) is 0.989. The lowest BCUT2D eigenvalue weighted by Crippen LogP contribution is -2.12. The highest BCUT2D eigenvalue weighted by atomic mass is 35.5. The van der Waals surface area contributed by atoms with Gasteiger partial charge >= 0.3 is 0 Å². The van der Waals surface area contributed by atoms with E-state index < -0.39 is 0 Å². The Morgan fingerprint density at radius 1 is 1.47 bits per heavy atom. The molecule has 6 heteroatoms. The summed E-state index contributed by atoms with van der Waals surface area (Å²) in [6.07, 6.45) is 2.15. The number of aromatic nitrogens is 2. The summed E-state index contributed by atoms with van der Waals surface area (Å²) in [5.41, 5.74) is 0.739. The number of rotatable bonds is 3. The first kappa shape index (κ1) is 12.4. The number of benzene rings is 1. The first-order valence-corrected chi connectivity index (χ1v) is 6.56. The highest BCUT2D eigenvalue weighted by molar-refractivity contribution is 6.30. The first-order valence-electron chi connectivity index (χ1n) is 6.19. The molecule has 2 heterocycles. The highest BCUT2D eigenvalue weighted by Crippen LogP contribution is 2.32. The van der Waals surface area contributed by atoms with Gasteiger partial charge in [0, 0.05) is 5.02 Å². The van der Waals surface area contributed by atoms with Crippen molar-refractivity contribution in [2.75, 3.05) is 13.7 Å². The van der Waals surface area contributed by atoms with Gasteiger partial charge in [0.25, 0.3) is 0 Å². The Morgan fingerprint density at radius 2 is 2.37 bits per heavy atom. The van der Waals surface area contributed by atoms with E-state index in [4.69, 9.17) is 20.9 Å². The standard InChI is InChI=1S/C13H14ClN3O2/c1-18-11-5-4-8(14)7-9(11)12-16-13(19-17-12)10-3-2-6-15-10/h4-5,7,10,15H,2-3,6H2,1H3/t10-/m1/s1. The Bertz CT molecular complexity index is 579. The molecule has 0 aliphatic carbocycles. The number of hydrogen-bond donors (Lipinski definition) is 1. The Hall–Kier alpha value is -1.59. The van der Waals surface area contributed by atoms with Crippen LogP contribution in [0.3, 0.4) is 0 Å². The Morgan fingerprint density at radius 3 is 3.11 bits per heavy atom. The van der Waals surface area contributed by atoms with Crippen molar-refractivity contribution in [1.29, 1.82) is 0 Å². The monoisotopic (exact) mass is 279 g/mol. The van der Waals surface area contributed by atoms with Gasteiger partial charge in [-0.05, 0) is 37.6 Å². The van der Waals surface area contributed by atoms with Crippen LogP contribution in [0.15, 0.2) is 22.7 Å². The Kier molecular flexibility index (Phi) is 3.40. The molecule has 3 rings (SSSR count). The lowest BCUT2D eigenvalue weighted by molar-refractivity contribution is 0.344. The topological polar surface area (TPSA) is 60.2 Å². The number of methoxy groups -OCH3 is 1. The molecule has 0 unspecified atom stereocenters. The molecule has 2 aromatic rings. The highest BCUT2D eigenvalue weighted by Gasteiger charge is 2.23. The fourth-order valence-electron chi connectivity index (χ4n) is 2.24. The predicted octanol–water partition coefficient (Wildman–Crippen LogP) is 2.82. The second kappa shape index (κ2) is 5.19. The summed E-state index contributed by atoms with van der Waals surface area (Å²) in [5.74, 6) is 1.80. The summed E-state index contributed by atoms with van der Waals surface area (Å²) in [5, 5.41) is 7.95. The molecule has 1 aliphatic rings. The summed E-state index contributed by atoms with van der Waals surface area (Å²) in [6, 6.07) is 5.49. The van der Waals surface area contributed by atoms with Gasteiger partial charge in [0.1, 0.15) is 5.75 Å². The van der Waals surface area contributed by atoms with E-state index in [9.17, 15) is 0 Å². The van der Waals surface area contributed by atoms with E-state index in [1.165, 1.54) is 0 Å². The van der Waals surface area contributed by atoms with Gasteiger partial charge in [-0.3, -0.25) is 0 Å². The van der Waals surface area contributed by atoms with E-state index in [-0.39, 0.29) is 6.04 Å². The minimum absolute atomic E-state index is 0.159. The molecule has 19 heavy (non-hydrogen) atoms. The molecule has 1 atom stereocenters. The van der Waals surface area contributed by atoms with Crippen LogP contribution in [-0.4, -0.2) is 23.8 Å².